The highest BCUT2D eigenvalue weighted by Crippen LogP contribution is 2.32. The summed E-state index contributed by atoms with van der Waals surface area (Å²) in [5.41, 5.74) is -0.0483. The van der Waals surface area contributed by atoms with Gasteiger partial charge >= 0.3 is 5.97 Å². The maximum atomic E-state index is 13.8. The number of aromatic hydroxyl groups is 1. The van der Waals surface area contributed by atoms with E-state index >= 15 is 0 Å². The molecule has 1 saturated heterocycles. The molecule has 26 heavy (non-hydrogen) atoms. The lowest BCUT2D eigenvalue weighted by atomic mass is 10.0. The van der Waals surface area contributed by atoms with Crippen molar-refractivity contribution in [3.8, 4) is 5.75 Å². The third-order valence-corrected chi connectivity index (χ3v) is 4.23. The van der Waals surface area contributed by atoms with Gasteiger partial charge in [-0.05, 0) is 25.0 Å². The Hall–Kier alpha value is -1.99. The Morgan fingerprint density at radius 3 is 2.58 bits per heavy atom. The number of hydrogen-bond acceptors (Lipinski definition) is 5. The lowest BCUT2D eigenvalue weighted by Crippen LogP contribution is -2.27. The van der Waals surface area contributed by atoms with Crippen molar-refractivity contribution in [1.82, 2.24) is 0 Å². The Bertz CT molecular complexity index is 612. The zero-order valence-electron chi connectivity index (χ0n) is 14.6. The van der Waals surface area contributed by atoms with Crippen LogP contribution in [0.25, 0.3) is 0 Å². The van der Waals surface area contributed by atoms with Gasteiger partial charge < -0.3 is 19.3 Å². The summed E-state index contributed by atoms with van der Waals surface area (Å²) < 4.78 is 43.2. The average Bonchev–Trinajstić information content (AvgIpc) is 2.66. The van der Waals surface area contributed by atoms with Crippen molar-refractivity contribution >= 4 is 5.97 Å². The number of ether oxygens (including phenoxy) is 3. The van der Waals surface area contributed by atoms with Gasteiger partial charge in [-0.25, -0.2) is 9.18 Å². The monoisotopic (exact) mass is 370 g/mol. The second-order valence-electron chi connectivity index (χ2n) is 6.24. The van der Waals surface area contributed by atoms with E-state index in [-0.39, 0.29) is 11.5 Å². The molecule has 1 aromatic carbocycles. The van der Waals surface area contributed by atoms with E-state index in [4.69, 9.17) is 19.3 Å². The number of esters is 1. The van der Waals surface area contributed by atoms with Crippen LogP contribution in [0.15, 0.2) is 24.8 Å². The molecule has 1 aliphatic heterocycles. The van der Waals surface area contributed by atoms with Crippen LogP contribution in [0.1, 0.15) is 44.0 Å². The number of halogens is 2. The molecule has 0 aliphatic carbocycles. The highest BCUT2D eigenvalue weighted by atomic mass is 19.2. The van der Waals surface area contributed by atoms with Gasteiger partial charge in [0, 0.05) is 17.6 Å². The molecule has 7 heteroatoms. The van der Waals surface area contributed by atoms with Crippen molar-refractivity contribution in [2.24, 2.45) is 5.92 Å². The van der Waals surface area contributed by atoms with Crippen molar-refractivity contribution in [2.45, 2.75) is 38.4 Å². The van der Waals surface area contributed by atoms with E-state index in [0.717, 1.165) is 44.2 Å². The van der Waals surface area contributed by atoms with Gasteiger partial charge in [0.25, 0.3) is 0 Å². The van der Waals surface area contributed by atoms with Crippen LogP contribution in [0.5, 0.6) is 5.75 Å². The van der Waals surface area contributed by atoms with E-state index in [2.05, 4.69) is 6.58 Å². The summed E-state index contributed by atoms with van der Waals surface area (Å²) in [6.45, 7) is 4.54. The first-order valence-corrected chi connectivity index (χ1v) is 8.72. The molecule has 0 saturated carbocycles. The molecule has 0 radical (unpaired) electrons. The molecule has 0 bridgehead atoms. The summed E-state index contributed by atoms with van der Waals surface area (Å²) in [5, 5.41) is 9.15. The summed E-state index contributed by atoms with van der Waals surface area (Å²) in [4.78, 5) is 10.9. The van der Waals surface area contributed by atoms with Crippen LogP contribution in [-0.2, 0) is 19.0 Å². The fourth-order valence-electron chi connectivity index (χ4n) is 2.75. The maximum absolute atomic E-state index is 13.8. The zero-order chi connectivity index (χ0) is 18.9. The van der Waals surface area contributed by atoms with Gasteiger partial charge in [-0.3, -0.25) is 0 Å². The first kappa shape index (κ1) is 20.3. The number of carbonyl (C=O) groups excluding carboxylic acids is 1. The van der Waals surface area contributed by atoms with E-state index in [1.54, 1.807) is 0 Å². The molecule has 5 nitrogen and oxygen atoms in total. The number of rotatable bonds is 9. The quantitative estimate of drug-likeness (QED) is 0.404. The van der Waals surface area contributed by atoms with E-state index in [9.17, 15) is 13.6 Å². The van der Waals surface area contributed by atoms with Gasteiger partial charge in [0.05, 0.1) is 19.8 Å². The molecule has 0 unspecified atom stereocenters. The summed E-state index contributed by atoms with van der Waals surface area (Å²) in [7, 11) is 0. The minimum atomic E-state index is -1.30. The smallest absolute Gasteiger partial charge is 0.330 e. The largest absolute Gasteiger partial charge is 0.505 e. The highest BCUT2D eigenvalue weighted by Gasteiger charge is 2.27. The third-order valence-electron chi connectivity index (χ3n) is 4.23. The highest BCUT2D eigenvalue weighted by molar-refractivity contribution is 5.81. The number of phenols is 1. The summed E-state index contributed by atoms with van der Waals surface area (Å²) in [6, 6.07) is 2.34. The van der Waals surface area contributed by atoms with Crippen molar-refractivity contribution in [1.29, 1.82) is 0 Å². The molecular weight excluding hydrogens is 346 g/mol. The molecular formula is C19H24F2O5. The van der Waals surface area contributed by atoms with Gasteiger partial charge in [-0.1, -0.05) is 25.8 Å². The Morgan fingerprint density at radius 1 is 1.19 bits per heavy atom. The molecule has 0 spiro atoms. The minimum absolute atomic E-state index is 0.0483. The predicted octanol–water partition coefficient (Wildman–Crippen LogP) is 4.01. The molecule has 1 aromatic rings. The van der Waals surface area contributed by atoms with Crippen LogP contribution in [0, 0.1) is 17.6 Å². The molecule has 1 N–H and O–H groups in total. The third kappa shape index (κ3) is 5.78. The number of unbranched alkanes of at least 4 members (excludes halogenated alkanes) is 3. The second kappa shape index (κ2) is 10.2. The maximum Gasteiger partial charge on any atom is 0.330 e. The lowest BCUT2D eigenvalue weighted by Gasteiger charge is -2.30. The molecule has 0 aromatic heterocycles. The molecule has 2 rings (SSSR count). The van der Waals surface area contributed by atoms with Gasteiger partial charge in [0.2, 0.25) is 5.82 Å². The van der Waals surface area contributed by atoms with Crippen molar-refractivity contribution in [2.75, 3.05) is 19.8 Å². The van der Waals surface area contributed by atoms with Crippen molar-refractivity contribution < 1.29 is 32.9 Å². The van der Waals surface area contributed by atoms with Crippen LogP contribution in [0.2, 0.25) is 0 Å². The van der Waals surface area contributed by atoms with E-state index in [1.165, 1.54) is 6.07 Å². The average molecular weight is 370 g/mol. The minimum Gasteiger partial charge on any atom is -0.505 e. The predicted molar refractivity (Wildman–Crippen MR) is 90.4 cm³/mol. The van der Waals surface area contributed by atoms with Crippen LogP contribution in [-0.4, -0.2) is 30.9 Å². The van der Waals surface area contributed by atoms with Crippen LogP contribution in [0.4, 0.5) is 8.78 Å². The molecule has 1 fully saturated rings. The number of hydrogen-bond donors (Lipinski definition) is 1. The molecule has 1 aliphatic rings. The van der Waals surface area contributed by atoms with Crippen LogP contribution < -0.4 is 0 Å². The number of carbonyl (C=O) groups is 1. The Kier molecular flexibility index (Phi) is 8.00. The van der Waals surface area contributed by atoms with Gasteiger partial charge in [-0.2, -0.15) is 4.39 Å². The number of benzene rings is 1. The SMILES string of the molecule is C=CC(=O)OCCCCCCC1COC(c2ccc(O)c(F)c2F)OC1. The fourth-order valence-corrected chi connectivity index (χ4v) is 2.75. The van der Waals surface area contributed by atoms with E-state index in [1.807, 2.05) is 0 Å². The first-order chi connectivity index (χ1) is 12.5. The molecule has 1 heterocycles. The molecule has 144 valence electrons. The summed E-state index contributed by atoms with van der Waals surface area (Å²) in [6.07, 6.45) is 4.86. The Balaban J connectivity index is 1.63. The van der Waals surface area contributed by atoms with Crippen LogP contribution in [0.3, 0.4) is 0 Å². The van der Waals surface area contributed by atoms with Gasteiger partial charge in [0.1, 0.15) is 0 Å². The van der Waals surface area contributed by atoms with E-state index in [0.29, 0.717) is 19.8 Å². The fraction of sp³-hybridized carbons (Fsp3) is 0.526. The van der Waals surface area contributed by atoms with E-state index < -0.39 is 29.6 Å². The molecule has 0 amide bonds. The van der Waals surface area contributed by atoms with Gasteiger partial charge in [0.15, 0.2) is 17.9 Å². The lowest BCUT2D eigenvalue weighted by molar-refractivity contribution is -0.207. The second-order valence-corrected chi connectivity index (χ2v) is 6.24. The summed E-state index contributed by atoms with van der Waals surface area (Å²) in [5.74, 6) is -3.38. The normalized spacial score (nSPS) is 19.9. The first-order valence-electron chi connectivity index (χ1n) is 8.72. The zero-order valence-corrected chi connectivity index (χ0v) is 14.6. The van der Waals surface area contributed by atoms with Crippen LogP contribution >= 0.6 is 0 Å². The molecule has 0 atom stereocenters. The number of phenolic OH excluding ortho intramolecular Hbond substituents is 1. The van der Waals surface area contributed by atoms with Crippen molar-refractivity contribution in [3.05, 3.63) is 42.0 Å². The Morgan fingerprint density at radius 2 is 1.88 bits per heavy atom. The standard InChI is InChI=1S/C19H24F2O5/c1-2-16(23)24-10-6-4-3-5-7-13-11-25-19(26-12-13)14-8-9-15(22)18(21)17(14)20/h2,8-9,13,19,22H,1,3-7,10-12H2. The Labute approximate surface area is 151 Å². The van der Waals surface area contributed by atoms with Crippen molar-refractivity contribution in [3.63, 3.8) is 0 Å². The van der Waals surface area contributed by atoms with Gasteiger partial charge in [-0.15, -0.1) is 0 Å². The summed E-state index contributed by atoms with van der Waals surface area (Å²) >= 11 is 0. The topological polar surface area (TPSA) is 65.0 Å².